The van der Waals surface area contributed by atoms with Crippen LogP contribution in [-0.2, 0) is 17.8 Å². The highest BCUT2D eigenvalue weighted by Gasteiger charge is 2.20. The van der Waals surface area contributed by atoms with E-state index in [1.807, 2.05) is 18.2 Å². The van der Waals surface area contributed by atoms with E-state index in [-0.39, 0.29) is 0 Å². The Morgan fingerprint density at radius 2 is 1.59 bits per heavy atom. The van der Waals surface area contributed by atoms with Crippen molar-refractivity contribution in [2.75, 3.05) is 34.5 Å². The van der Waals surface area contributed by atoms with E-state index in [4.69, 9.17) is 18.9 Å². The molecule has 0 saturated carbocycles. The SMILES string of the molecule is COc1ccc(CN(Cc2ccc(OC)c(OC)c2)CC2CCCO2)cc1. The van der Waals surface area contributed by atoms with Crippen molar-refractivity contribution in [2.45, 2.75) is 32.0 Å². The van der Waals surface area contributed by atoms with Crippen molar-refractivity contribution < 1.29 is 18.9 Å². The Kier molecular flexibility index (Phi) is 6.96. The Bertz CT molecular complexity index is 711. The minimum atomic E-state index is 0.309. The number of rotatable bonds is 9. The molecule has 5 nitrogen and oxygen atoms in total. The van der Waals surface area contributed by atoms with Crippen LogP contribution in [0.3, 0.4) is 0 Å². The normalized spacial score (nSPS) is 16.5. The van der Waals surface area contributed by atoms with Gasteiger partial charge in [-0.15, -0.1) is 0 Å². The second kappa shape index (κ2) is 9.62. The van der Waals surface area contributed by atoms with Gasteiger partial charge in [-0.2, -0.15) is 0 Å². The van der Waals surface area contributed by atoms with Crippen LogP contribution in [0, 0.1) is 0 Å². The van der Waals surface area contributed by atoms with Gasteiger partial charge in [-0.05, 0) is 48.2 Å². The second-order valence-electron chi connectivity index (χ2n) is 6.84. The van der Waals surface area contributed by atoms with E-state index in [2.05, 4.69) is 29.2 Å². The molecule has 0 aromatic heterocycles. The lowest BCUT2D eigenvalue weighted by Gasteiger charge is -2.26. The molecule has 1 atom stereocenters. The van der Waals surface area contributed by atoms with E-state index in [1.165, 1.54) is 11.1 Å². The van der Waals surface area contributed by atoms with Crippen LogP contribution in [0.2, 0.25) is 0 Å². The largest absolute Gasteiger partial charge is 0.497 e. The van der Waals surface area contributed by atoms with E-state index < -0.39 is 0 Å². The van der Waals surface area contributed by atoms with Crippen molar-refractivity contribution in [2.24, 2.45) is 0 Å². The summed E-state index contributed by atoms with van der Waals surface area (Å²) < 4.78 is 21.9. The van der Waals surface area contributed by atoms with Gasteiger partial charge in [0, 0.05) is 26.2 Å². The Labute approximate surface area is 161 Å². The lowest BCUT2D eigenvalue weighted by molar-refractivity contribution is 0.0679. The van der Waals surface area contributed by atoms with Crippen molar-refractivity contribution in [3.63, 3.8) is 0 Å². The van der Waals surface area contributed by atoms with Gasteiger partial charge in [0.05, 0.1) is 27.4 Å². The molecule has 146 valence electrons. The zero-order chi connectivity index (χ0) is 19.1. The molecule has 0 amide bonds. The minimum Gasteiger partial charge on any atom is -0.497 e. The highest BCUT2D eigenvalue weighted by atomic mass is 16.5. The maximum absolute atomic E-state index is 5.87. The minimum absolute atomic E-state index is 0.309. The average molecular weight is 371 g/mol. The van der Waals surface area contributed by atoms with E-state index in [9.17, 15) is 0 Å². The van der Waals surface area contributed by atoms with Crippen LogP contribution in [-0.4, -0.2) is 45.5 Å². The van der Waals surface area contributed by atoms with Crippen LogP contribution < -0.4 is 14.2 Å². The maximum atomic E-state index is 5.87. The molecule has 0 radical (unpaired) electrons. The molecule has 27 heavy (non-hydrogen) atoms. The summed E-state index contributed by atoms with van der Waals surface area (Å²) >= 11 is 0. The zero-order valence-corrected chi connectivity index (χ0v) is 16.4. The zero-order valence-electron chi connectivity index (χ0n) is 16.4. The van der Waals surface area contributed by atoms with Gasteiger partial charge in [0.2, 0.25) is 0 Å². The maximum Gasteiger partial charge on any atom is 0.161 e. The number of hydrogen-bond acceptors (Lipinski definition) is 5. The quantitative estimate of drug-likeness (QED) is 0.669. The van der Waals surface area contributed by atoms with E-state index in [1.54, 1.807) is 21.3 Å². The Morgan fingerprint density at radius 1 is 0.889 bits per heavy atom. The van der Waals surface area contributed by atoms with Gasteiger partial charge in [-0.1, -0.05) is 18.2 Å². The Morgan fingerprint density at radius 3 is 2.22 bits per heavy atom. The van der Waals surface area contributed by atoms with E-state index >= 15 is 0 Å². The summed E-state index contributed by atoms with van der Waals surface area (Å²) in [4.78, 5) is 2.43. The lowest BCUT2D eigenvalue weighted by Crippen LogP contribution is -2.31. The summed E-state index contributed by atoms with van der Waals surface area (Å²) in [6, 6.07) is 14.4. The Balaban J connectivity index is 1.74. The molecule has 1 heterocycles. The smallest absolute Gasteiger partial charge is 0.161 e. The number of hydrogen-bond donors (Lipinski definition) is 0. The first kappa shape index (κ1) is 19.5. The molecular weight excluding hydrogens is 342 g/mol. The third-order valence-electron chi connectivity index (χ3n) is 4.91. The number of ether oxygens (including phenoxy) is 4. The first-order valence-corrected chi connectivity index (χ1v) is 9.39. The number of nitrogens with zero attached hydrogens (tertiary/aromatic N) is 1. The molecule has 5 heteroatoms. The molecule has 0 N–H and O–H groups in total. The van der Waals surface area contributed by atoms with Crippen LogP contribution in [0.4, 0.5) is 0 Å². The van der Waals surface area contributed by atoms with Gasteiger partial charge in [0.15, 0.2) is 11.5 Å². The number of benzene rings is 2. The highest BCUT2D eigenvalue weighted by molar-refractivity contribution is 5.42. The molecule has 0 bridgehead atoms. The average Bonchev–Trinajstić information content (AvgIpc) is 3.21. The molecule has 0 spiro atoms. The van der Waals surface area contributed by atoms with Gasteiger partial charge in [-0.25, -0.2) is 0 Å². The number of methoxy groups -OCH3 is 3. The molecule has 2 aromatic rings. The molecule has 1 unspecified atom stereocenters. The fourth-order valence-corrected chi connectivity index (χ4v) is 3.49. The van der Waals surface area contributed by atoms with Crippen LogP contribution >= 0.6 is 0 Å². The topological polar surface area (TPSA) is 40.2 Å². The lowest BCUT2D eigenvalue weighted by atomic mass is 10.1. The molecule has 2 aromatic carbocycles. The fourth-order valence-electron chi connectivity index (χ4n) is 3.49. The van der Waals surface area contributed by atoms with Crippen molar-refractivity contribution in [3.8, 4) is 17.2 Å². The van der Waals surface area contributed by atoms with Crippen LogP contribution in [0.5, 0.6) is 17.2 Å². The van der Waals surface area contributed by atoms with Gasteiger partial charge >= 0.3 is 0 Å². The molecule has 0 aliphatic carbocycles. The van der Waals surface area contributed by atoms with E-state index in [0.717, 1.165) is 56.3 Å². The standard InChI is InChI=1S/C22H29NO4/c1-24-19-9-6-17(7-10-19)14-23(16-20-5-4-12-27-20)15-18-8-11-21(25-2)22(13-18)26-3/h6-11,13,20H,4-5,12,14-16H2,1-3H3. The second-order valence-corrected chi connectivity index (χ2v) is 6.84. The summed E-state index contributed by atoms with van der Waals surface area (Å²) in [6.45, 7) is 3.47. The monoisotopic (exact) mass is 371 g/mol. The van der Waals surface area contributed by atoms with Crippen LogP contribution in [0.25, 0.3) is 0 Å². The van der Waals surface area contributed by atoms with Gasteiger partial charge in [-0.3, -0.25) is 4.90 Å². The molecule has 1 fully saturated rings. The summed E-state index contributed by atoms with van der Waals surface area (Å²) in [7, 11) is 5.02. The highest BCUT2D eigenvalue weighted by Crippen LogP contribution is 2.28. The summed E-state index contributed by atoms with van der Waals surface area (Å²) in [6.07, 6.45) is 2.59. The summed E-state index contributed by atoms with van der Waals surface area (Å²) in [5, 5.41) is 0. The third kappa shape index (κ3) is 5.37. The Hall–Kier alpha value is -2.24. The van der Waals surface area contributed by atoms with Crippen molar-refractivity contribution in [1.29, 1.82) is 0 Å². The summed E-state index contributed by atoms with van der Waals surface area (Å²) in [5.74, 6) is 2.39. The third-order valence-corrected chi connectivity index (χ3v) is 4.91. The van der Waals surface area contributed by atoms with Gasteiger partial charge in [0.1, 0.15) is 5.75 Å². The van der Waals surface area contributed by atoms with Crippen LogP contribution in [0.15, 0.2) is 42.5 Å². The molecule has 3 rings (SSSR count). The van der Waals surface area contributed by atoms with E-state index in [0.29, 0.717) is 6.10 Å². The summed E-state index contributed by atoms with van der Waals surface area (Å²) in [5.41, 5.74) is 2.45. The van der Waals surface area contributed by atoms with Crippen molar-refractivity contribution >= 4 is 0 Å². The molecule has 1 aliphatic rings. The molecule has 1 aliphatic heterocycles. The predicted octanol–water partition coefficient (Wildman–Crippen LogP) is 3.89. The van der Waals surface area contributed by atoms with Gasteiger partial charge < -0.3 is 18.9 Å². The van der Waals surface area contributed by atoms with Crippen molar-refractivity contribution in [1.82, 2.24) is 4.90 Å². The van der Waals surface area contributed by atoms with Gasteiger partial charge in [0.25, 0.3) is 0 Å². The fraction of sp³-hybridized carbons (Fsp3) is 0.455. The predicted molar refractivity (Wildman–Crippen MR) is 106 cm³/mol. The van der Waals surface area contributed by atoms with Crippen molar-refractivity contribution in [3.05, 3.63) is 53.6 Å². The molecule has 1 saturated heterocycles. The molecular formula is C22H29NO4. The first-order valence-electron chi connectivity index (χ1n) is 9.39. The first-order chi connectivity index (χ1) is 13.2. The van der Waals surface area contributed by atoms with Crippen LogP contribution in [0.1, 0.15) is 24.0 Å².